The van der Waals surface area contributed by atoms with Crippen LogP contribution in [0.2, 0.25) is 0 Å². The maximum atomic E-state index is 6.11. The van der Waals surface area contributed by atoms with E-state index in [4.69, 9.17) is 9.15 Å². The van der Waals surface area contributed by atoms with Gasteiger partial charge in [-0.2, -0.15) is 0 Å². The lowest BCUT2D eigenvalue weighted by Crippen LogP contribution is -2.50. The monoisotopic (exact) mass is 347 g/mol. The van der Waals surface area contributed by atoms with Gasteiger partial charge in [-0.25, -0.2) is 4.98 Å². The van der Waals surface area contributed by atoms with Crippen LogP contribution in [0.15, 0.2) is 28.4 Å². The average molecular weight is 347 g/mol. The highest BCUT2D eigenvalue weighted by molar-refractivity contribution is 7.09. The van der Waals surface area contributed by atoms with Crippen molar-refractivity contribution in [2.24, 2.45) is 0 Å². The Morgan fingerprint density at radius 3 is 2.96 bits per heavy atom. The van der Waals surface area contributed by atoms with Crippen LogP contribution >= 0.6 is 11.3 Å². The van der Waals surface area contributed by atoms with E-state index in [1.807, 2.05) is 6.26 Å². The minimum absolute atomic E-state index is 0.354. The van der Waals surface area contributed by atoms with Crippen molar-refractivity contribution >= 4 is 11.3 Å². The van der Waals surface area contributed by atoms with Gasteiger partial charge in [0.15, 0.2) is 0 Å². The summed E-state index contributed by atoms with van der Waals surface area (Å²) in [6.07, 6.45) is 6.23. The third kappa shape index (κ3) is 3.72. The van der Waals surface area contributed by atoms with Gasteiger partial charge in [-0.05, 0) is 25.8 Å². The van der Waals surface area contributed by atoms with Crippen LogP contribution < -0.4 is 0 Å². The normalized spacial score (nSPS) is 26.2. The molecule has 4 heterocycles. The highest BCUT2D eigenvalue weighted by Gasteiger charge is 2.34. The lowest BCUT2D eigenvalue weighted by atomic mass is 10.0. The third-order valence-electron chi connectivity index (χ3n) is 5.10. The average Bonchev–Trinajstić information content (AvgIpc) is 3.18. The fourth-order valence-electron chi connectivity index (χ4n) is 3.90. The highest BCUT2D eigenvalue weighted by atomic mass is 32.1. The molecule has 130 valence electrons. The second kappa shape index (κ2) is 7.35. The van der Waals surface area contributed by atoms with Gasteiger partial charge in [0.05, 0.1) is 35.9 Å². The number of furan rings is 1. The number of hydrogen-bond donors (Lipinski definition) is 0. The molecule has 0 spiro atoms. The van der Waals surface area contributed by atoms with Crippen LogP contribution in [0.4, 0.5) is 0 Å². The van der Waals surface area contributed by atoms with Crippen LogP contribution in [0.3, 0.4) is 0 Å². The van der Waals surface area contributed by atoms with E-state index in [9.17, 15) is 0 Å². The van der Waals surface area contributed by atoms with Gasteiger partial charge in [-0.1, -0.05) is 0 Å². The molecule has 0 bridgehead atoms. The molecule has 2 aliphatic heterocycles. The van der Waals surface area contributed by atoms with Crippen LogP contribution in [0.1, 0.15) is 29.1 Å². The number of likely N-dealkylation sites (tertiary alicyclic amines) is 1. The van der Waals surface area contributed by atoms with E-state index in [0.717, 1.165) is 57.2 Å². The van der Waals surface area contributed by atoms with Crippen LogP contribution in [0.25, 0.3) is 0 Å². The van der Waals surface area contributed by atoms with Crippen molar-refractivity contribution in [1.29, 1.82) is 0 Å². The van der Waals surface area contributed by atoms with E-state index < -0.39 is 0 Å². The minimum atomic E-state index is 0.354. The van der Waals surface area contributed by atoms with Gasteiger partial charge in [0.1, 0.15) is 0 Å². The van der Waals surface area contributed by atoms with E-state index in [-0.39, 0.29) is 0 Å². The topological polar surface area (TPSA) is 41.7 Å². The number of thiazole rings is 1. The van der Waals surface area contributed by atoms with Gasteiger partial charge in [0.2, 0.25) is 0 Å². The molecule has 0 saturated carbocycles. The fraction of sp³-hybridized carbons (Fsp3) is 0.611. The molecule has 2 unspecified atom stereocenters. The second-order valence-corrected chi connectivity index (χ2v) is 7.85. The van der Waals surface area contributed by atoms with E-state index >= 15 is 0 Å². The number of ether oxygens (including phenoxy) is 1. The molecule has 6 heteroatoms. The standard InChI is InChI=1S/C18H25N3O2S/c1-14-19-16(13-24-14)11-21-7-9-23-18-3-6-20(5-2-17(18)21)10-15-4-8-22-12-15/h4,8,12-13,17-18H,2-3,5-7,9-11H2,1H3. The van der Waals surface area contributed by atoms with Crippen molar-refractivity contribution in [3.63, 3.8) is 0 Å². The zero-order valence-corrected chi connectivity index (χ0v) is 15.0. The summed E-state index contributed by atoms with van der Waals surface area (Å²) in [5, 5.41) is 3.35. The fourth-order valence-corrected chi connectivity index (χ4v) is 4.50. The van der Waals surface area contributed by atoms with Crippen molar-refractivity contribution in [2.45, 2.75) is 45.0 Å². The summed E-state index contributed by atoms with van der Waals surface area (Å²) in [5.74, 6) is 0. The Labute approximate surface area is 147 Å². The van der Waals surface area contributed by atoms with Gasteiger partial charge < -0.3 is 9.15 Å². The third-order valence-corrected chi connectivity index (χ3v) is 5.92. The lowest BCUT2D eigenvalue weighted by Gasteiger charge is -2.40. The van der Waals surface area contributed by atoms with Crippen LogP contribution in [0.5, 0.6) is 0 Å². The molecule has 2 saturated heterocycles. The molecule has 5 nitrogen and oxygen atoms in total. The number of nitrogens with zero attached hydrogens (tertiary/aromatic N) is 3. The molecule has 2 atom stereocenters. The molecule has 0 aliphatic carbocycles. The highest BCUT2D eigenvalue weighted by Crippen LogP contribution is 2.26. The predicted octanol–water partition coefficient (Wildman–Crippen LogP) is 2.91. The van der Waals surface area contributed by atoms with E-state index in [0.29, 0.717) is 12.1 Å². The summed E-state index contributed by atoms with van der Waals surface area (Å²) in [5.41, 5.74) is 2.47. The van der Waals surface area contributed by atoms with Crippen molar-refractivity contribution in [2.75, 3.05) is 26.2 Å². The Bertz CT molecular complexity index is 642. The van der Waals surface area contributed by atoms with Crippen molar-refractivity contribution in [3.05, 3.63) is 40.2 Å². The first-order valence-corrected chi connectivity index (χ1v) is 9.66. The Morgan fingerprint density at radius 2 is 2.17 bits per heavy atom. The van der Waals surface area contributed by atoms with Gasteiger partial charge >= 0.3 is 0 Å². The summed E-state index contributed by atoms with van der Waals surface area (Å²) in [4.78, 5) is 9.76. The number of hydrogen-bond acceptors (Lipinski definition) is 6. The summed E-state index contributed by atoms with van der Waals surface area (Å²) >= 11 is 1.74. The Morgan fingerprint density at radius 1 is 1.25 bits per heavy atom. The Hall–Kier alpha value is -1.21. The molecule has 4 rings (SSSR count). The second-order valence-electron chi connectivity index (χ2n) is 6.79. The molecule has 2 fully saturated rings. The number of morpholine rings is 1. The largest absolute Gasteiger partial charge is 0.472 e. The molecule has 0 radical (unpaired) electrons. The van der Waals surface area contributed by atoms with Gasteiger partial charge in [0.25, 0.3) is 0 Å². The Balaban J connectivity index is 1.40. The molecule has 2 aromatic rings. The van der Waals surface area contributed by atoms with E-state index in [2.05, 4.69) is 33.2 Å². The molecule has 2 aliphatic rings. The van der Waals surface area contributed by atoms with Crippen molar-refractivity contribution in [1.82, 2.24) is 14.8 Å². The molecular formula is C18H25N3O2S. The number of aromatic nitrogens is 1. The van der Waals surface area contributed by atoms with Crippen molar-refractivity contribution in [3.8, 4) is 0 Å². The first-order valence-electron chi connectivity index (χ1n) is 8.78. The quantitative estimate of drug-likeness (QED) is 0.851. The molecule has 0 N–H and O–H groups in total. The van der Waals surface area contributed by atoms with Crippen molar-refractivity contribution < 1.29 is 9.15 Å². The van der Waals surface area contributed by atoms with Crippen LogP contribution in [-0.2, 0) is 17.8 Å². The lowest BCUT2D eigenvalue weighted by molar-refractivity contribution is -0.0750. The molecule has 2 aromatic heterocycles. The molecule has 0 amide bonds. The zero-order valence-electron chi connectivity index (χ0n) is 14.2. The predicted molar refractivity (Wildman–Crippen MR) is 94.0 cm³/mol. The van der Waals surface area contributed by atoms with Gasteiger partial charge in [-0.15, -0.1) is 11.3 Å². The van der Waals surface area contributed by atoms with Crippen LogP contribution in [0, 0.1) is 6.92 Å². The SMILES string of the molecule is Cc1nc(CN2CCOC3CCN(Cc4ccoc4)CCC32)cs1. The maximum Gasteiger partial charge on any atom is 0.0947 e. The Kier molecular flexibility index (Phi) is 4.98. The number of aryl methyl sites for hydroxylation is 1. The zero-order chi connectivity index (χ0) is 16.4. The smallest absolute Gasteiger partial charge is 0.0947 e. The van der Waals surface area contributed by atoms with Gasteiger partial charge in [0, 0.05) is 49.7 Å². The first-order chi connectivity index (χ1) is 11.8. The van der Waals surface area contributed by atoms with Gasteiger partial charge in [-0.3, -0.25) is 9.80 Å². The molecule has 24 heavy (non-hydrogen) atoms. The minimum Gasteiger partial charge on any atom is -0.472 e. The summed E-state index contributed by atoms with van der Waals surface area (Å²) in [7, 11) is 0. The maximum absolute atomic E-state index is 6.11. The summed E-state index contributed by atoms with van der Waals surface area (Å²) in [6.45, 7) is 8.07. The molecule has 0 aromatic carbocycles. The first kappa shape index (κ1) is 16.3. The summed E-state index contributed by atoms with van der Waals surface area (Å²) < 4.78 is 11.3. The summed E-state index contributed by atoms with van der Waals surface area (Å²) in [6, 6.07) is 2.57. The van der Waals surface area contributed by atoms with E-state index in [1.165, 1.54) is 11.3 Å². The number of fused-ring (bicyclic) bond motifs is 1. The van der Waals surface area contributed by atoms with E-state index in [1.54, 1.807) is 17.6 Å². The number of rotatable bonds is 4. The van der Waals surface area contributed by atoms with Crippen LogP contribution in [-0.4, -0.2) is 53.2 Å². The molecular weight excluding hydrogens is 322 g/mol.